The van der Waals surface area contributed by atoms with Crippen LogP contribution in [0.1, 0.15) is 5.76 Å². The van der Waals surface area contributed by atoms with Gasteiger partial charge >= 0.3 is 0 Å². The molecule has 5 rings (SSSR count). The number of nitrogens with zero attached hydrogens (tertiary/aromatic N) is 4. The predicted octanol–water partition coefficient (Wildman–Crippen LogP) is 3.89. The monoisotopic (exact) mass is 390 g/mol. The first-order chi connectivity index (χ1) is 14.2. The van der Waals surface area contributed by atoms with Crippen LogP contribution in [0.25, 0.3) is 33.7 Å². The molecule has 2 aromatic carbocycles. The number of benzene rings is 2. The third-order valence-corrected chi connectivity index (χ3v) is 4.52. The first kappa shape index (κ1) is 17.2. The van der Waals surface area contributed by atoms with Crippen LogP contribution in [0.15, 0.2) is 71.5 Å². The zero-order valence-electron chi connectivity index (χ0n) is 15.0. The molecule has 0 saturated heterocycles. The SMILES string of the molecule is Fc1cccc(-c2nc3cn[n+](Cc4cc(-c5ccccc5)no4)cc3[nH]2)c1F. The lowest BCUT2D eigenvalue weighted by Gasteiger charge is -1.99. The van der Waals surface area contributed by atoms with E-state index in [9.17, 15) is 8.78 Å². The summed E-state index contributed by atoms with van der Waals surface area (Å²) >= 11 is 0. The number of halogens is 2. The van der Waals surface area contributed by atoms with Crippen molar-refractivity contribution in [1.29, 1.82) is 0 Å². The van der Waals surface area contributed by atoms with Gasteiger partial charge in [-0.1, -0.05) is 46.2 Å². The molecule has 3 heterocycles. The number of nitrogens with one attached hydrogen (secondary N) is 1. The van der Waals surface area contributed by atoms with Crippen LogP contribution in [0.5, 0.6) is 0 Å². The van der Waals surface area contributed by atoms with Gasteiger partial charge in [-0.15, -0.1) is 0 Å². The summed E-state index contributed by atoms with van der Waals surface area (Å²) in [6, 6.07) is 15.6. The third-order valence-electron chi connectivity index (χ3n) is 4.52. The number of rotatable bonds is 4. The zero-order valence-corrected chi connectivity index (χ0v) is 15.0. The molecule has 0 amide bonds. The number of hydrogen-bond donors (Lipinski definition) is 1. The summed E-state index contributed by atoms with van der Waals surface area (Å²) in [5.41, 5.74) is 2.96. The normalized spacial score (nSPS) is 11.2. The van der Waals surface area contributed by atoms with Crippen molar-refractivity contribution in [3.8, 4) is 22.6 Å². The summed E-state index contributed by atoms with van der Waals surface area (Å²) in [5.74, 6) is -0.989. The Morgan fingerprint density at radius 3 is 2.76 bits per heavy atom. The highest BCUT2D eigenvalue weighted by Gasteiger charge is 2.17. The Hall–Kier alpha value is -3.94. The minimum Gasteiger partial charge on any atom is -0.354 e. The average Bonchev–Trinajstić information content (AvgIpc) is 3.37. The van der Waals surface area contributed by atoms with Crippen LogP contribution in [0.3, 0.4) is 0 Å². The molecule has 0 aliphatic heterocycles. The summed E-state index contributed by atoms with van der Waals surface area (Å²) in [6.45, 7) is 0.360. The third kappa shape index (κ3) is 3.25. The number of hydrogen-bond acceptors (Lipinski definition) is 4. The molecule has 0 aliphatic carbocycles. The van der Waals surface area contributed by atoms with E-state index in [4.69, 9.17) is 4.52 Å². The van der Waals surface area contributed by atoms with E-state index in [1.54, 1.807) is 17.1 Å². The Bertz CT molecular complexity index is 1310. The van der Waals surface area contributed by atoms with E-state index < -0.39 is 11.6 Å². The van der Waals surface area contributed by atoms with E-state index in [0.29, 0.717) is 23.3 Å². The van der Waals surface area contributed by atoms with Crippen LogP contribution in [-0.4, -0.2) is 20.2 Å². The van der Waals surface area contributed by atoms with Gasteiger partial charge in [0.05, 0.1) is 5.56 Å². The first-order valence-electron chi connectivity index (χ1n) is 8.88. The maximum Gasteiger partial charge on any atom is 0.234 e. The molecule has 0 atom stereocenters. The molecular weight excluding hydrogens is 376 g/mol. The summed E-state index contributed by atoms with van der Waals surface area (Å²) in [5, 5.41) is 8.40. The number of H-pyrrole nitrogens is 1. The van der Waals surface area contributed by atoms with E-state index in [1.807, 2.05) is 36.4 Å². The van der Waals surface area contributed by atoms with E-state index >= 15 is 0 Å². The van der Waals surface area contributed by atoms with Crippen molar-refractivity contribution in [2.75, 3.05) is 0 Å². The smallest absolute Gasteiger partial charge is 0.234 e. The predicted molar refractivity (Wildman–Crippen MR) is 100 cm³/mol. The molecule has 5 aromatic rings. The van der Waals surface area contributed by atoms with Crippen LogP contribution in [0, 0.1) is 11.6 Å². The highest BCUT2D eigenvalue weighted by Crippen LogP contribution is 2.24. The summed E-state index contributed by atoms with van der Waals surface area (Å²) in [4.78, 5) is 7.32. The molecule has 0 spiro atoms. The van der Waals surface area contributed by atoms with E-state index in [2.05, 4.69) is 20.2 Å². The minimum absolute atomic E-state index is 0.0653. The van der Waals surface area contributed by atoms with Crippen molar-refractivity contribution in [3.63, 3.8) is 0 Å². The summed E-state index contributed by atoms with van der Waals surface area (Å²) in [7, 11) is 0. The molecule has 8 heteroatoms. The van der Waals surface area contributed by atoms with Crippen LogP contribution in [-0.2, 0) is 6.54 Å². The second kappa shape index (κ2) is 6.90. The number of aromatic nitrogens is 5. The van der Waals surface area contributed by atoms with Gasteiger partial charge in [0.25, 0.3) is 0 Å². The summed E-state index contributed by atoms with van der Waals surface area (Å²) in [6.07, 6.45) is 3.29. The van der Waals surface area contributed by atoms with Crippen LogP contribution in [0.4, 0.5) is 8.78 Å². The molecule has 1 N–H and O–H groups in total. The lowest BCUT2D eigenvalue weighted by Crippen LogP contribution is -2.37. The molecule has 142 valence electrons. The minimum atomic E-state index is -0.942. The Morgan fingerprint density at radius 1 is 1.03 bits per heavy atom. The van der Waals surface area contributed by atoms with Crippen LogP contribution >= 0.6 is 0 Å². The standard InChI is InChI=1S/C21H13F2N5O/c22-16-8-4-7-15(20(16)23)21-25-18-10-24-28(12-19(18)26-21)11-14-9-17(27-29-14)13-5-2-1-3-6-13/h1-10,12H,11H2/p+1. The van der Waals surface area contributed by atoms with Gasteiger partial charge in [0.15, 0.2) is 11.6 Å². The largest absolute Gasteiger partial charge is 0.354 e. The summed E-state index contributed by atoms with van der Waals surface area (Å²) < 4.78 is 34.6. The highest BCUT2D eigenvalue weighted by atomic mass is 19.2. The highest BCUT2D eigenvalue weighted by molar-refractivity contribution is 5.77. The second-order valence-electron chi connectivity index (χ2n) is 6.50. The van der Waals surface area contributed by atoms with Crippen molar-refractivity contribution < 1.29 is 18.0 Å². The molecule has 6 nitrogen and oxygen atoms in total. The molecule has 0 fully saturated rings. The number of imidazole rings is 1. The van der Waals surface area contributed by atoms with Gasteiger partial charge in [0.1, 0.15) is 28.7 Å². The lowest BCUT2D eigenvalue weighted by molar-refractivity contribution is -0.746. The molecule has 0 bridgehead atoms. The van der Waals surface area contributed by atoms with E-state index in [-0.39, 0.29) is 11.4 Å². The van der Waals surface area contributed by atoms with Crippen LogP contribution in [0.2, 0.25) is 0 Å². The zero-order chi connectivity index (χ0) is 19.8. The second-order valence-corrected chi connectivity index (χ2v) is 6.50. The Labute approximate surface area is 163 Å². The van der Waals surface area contributed by atoms with Crippen molar-refractivity contribution in [2.45, 2.75) is 6.54 Å². The Kier molecular flexibility index (Phi) is 4.09. The maximum absolute atomic E-state index is 14.0. The van der Waals surface area contributed by atoms with Gasteiger partial charge in [0, 0.05) is 11.6 Å². The van der Waals surface area contributed by atoms with Crippen molar-refractivity contribution >= 4 is 11.0 Å². The number of aromatic amines is 1. The molecule has 0 aliphatic rings. The lowest BCUT2D eigenvalue weighted by atomic mass is 10.1. The average molecular weight is 390 g/mol. The fourth-order valence-electron chi connectivity index (χ4n) is 3.10. The van der Waals surface area contributed by atoms with E-state index in [1.165, 1.54) is 12.1 Å². The number of fused-ring (bicyclic) bond motifs is 1. The topological polar surface area (TPSA) is 71.5 Å². The molecule has 0 radical (unpaired) electrons. The molecule has 3 aromatic heterocycles. The van der Waals surface area contributed by atoms with Gasteiger partial charge in [0.2, 0.25) is 18.5 Å². The van der Waals surface area contributed by atoms with Crippen molar-refractivity contribution in [1.82, 2.24) is 20.2 Å². The van der Waals surface area contributed by atoms with Gasteiger partial charge < -0.3 is 9.51 Å². The van der Waals surface area contributed by atoms with Gasteiger partial charge in [-0.3, -0.25) is 0 Å². The Balaban J connectivity index is 1.43. The molecule has 29 heavy (non-hydrogen) atoms. The van der Waals surface area contributed by atoms with Crippen molar-refractivity contribution in [2.24, 2.45) is 0 Å². The fraction of sp³-hybridized carbons (Fsp3) is 0.0476. The molecule has 0 saturated carbocycles. The fourth-order valence-corrected chi connectivity index (χ4v) is 3.10. The van der Waals surface area contributed by atoms with Crippen LogP contribution < -0.4 is 4.68 Å². The maximum atomic E-state index is 14.0. The Morgan fingerprint density at radius 2 is 1.90 bits per heavy atom. The van der Waals surface area contributed by atoms with Gasteiger partial charge in [-0.05, 0) is 17.2 Å². The molecular formula is C21H14F2N5O+. The van der Waals surface area contributed by atoms with Gasteiger partial charge in [-0.25, -0.2) is 13.8 Å². The van der Waals surface area contributed by atoms with E-state index in [0.717, 1.165) is 17.3 Å². The molecule has 0 unspecified atom stereocenters. The van der Waals surface area contributed by atoms with Crippen molar-refractivity contribution in [3.05, 3.63) is 84.4 Å². The van der Waals surface area contributed by atoms with Gasteiger partial charge in [-0.2, -0.15) is 0 Å². The quantitative estimate of drug-likeness (QED) is 0.473. The first-order valence-corrected chi connectivity index (χ1v) is 8.88.